The smallest absolute Gasteiger partial charge is 0.419 e. The number of hydrogen-bond acceptors (Lipinski definition) is 5. The van der Waals surface area contributed by atoms with Crippen LogP contribution in [-0.4, -0.2) is 42.3 Å². The molecule has 4 N–H and O–H groups in total. The molecule has 8 nitrogen and oxygen atoms in total. The van der Waals surface area contributed by atoms with Gasteiger partial charge in [0.05, 0.1) is 18.4 Å². The summed E-state index contributed by atoms with van der Waals surface area (Å²) in [5.41, 5.74) is 3.44. The van der Waals surface area contributed by atoms with Crippen LogP contribution in [0.25, 0.3) is 11.1 Å². The van der Waals surface area contributed by atoms with E-state index in [4.69, 9.17) is 4.74 Å². The molecule has 3 aromatic rings. The standard InChI is InChI=1S/C29H33F3N6O2/c1-7-9-25(35-27(22(8-2)29(30,31)32)36-26-15-18(4)37-38-26)34-23-14-17(3)21(16-24(23)40-6)19-10-12-20(13-11-19)28(39)33-5/h8-16,34H,7H2,1-6H3,(H,33,39)(H2,35,36,37,38)/b22-8+,25-9+. The van der Waals surface area contributed by atoms with Gasteiger partial charge in [-0.2, -0.15) is 18.3 Å². The van der Waals surface area contributed by atoms with E-state index < -0.39 is 17.6 Å². The number of methoxy groups -OCH3 is 1. The highest BCUT2D eigenvalue weighted by Crippen LogP contribution is 2.35. The number of benzene rings is 2. The number of aryl methyl sites for hydroxylation is 2. The quantitative estimate of drug-likeness (QED) is 0.173. The number of anilines is 2. The molecule has 0 bridgehead atoms. The number of aromatic nitrogens is 2. The molecular formula is C29H33F3N6O2. The molecule has 0 radical (unpaired) electrons. The maximum Gasteiger partial charge on any atom is 0.419 e. The summed E-state index contributed by atoms with van der Waals surface area (Å²) in [5.74, 6) is 0.279. The number of H-pyrrole nitrogens is 1. The topological polar surface area (TPSA) is 103 Å². The number of carbonyl (C=O) groups excluding carboxylic acids is 1. The highest BCUT2D eigenvalue weighted by atomic mass is 19.4. The molecule has 0 aliphatic carbocycles. The Morgan fingerprint density at radius 3 is 2.35 bits per heavy atom. The minimum Gasteiger partial charge on any atom is -0.495 e. The van der Waals surface area contributed by atoms with E-state index in [1.54, 1.807) is 38.2 Å². The highest BCUT2D eigenvalue weighted by Gasteiger charge is 2.37. The van der Waals surface area contributed by atoms with Gasteiger partial charge in [0.15, 0.2) is 5.82 Å². The molecular weight excluding hydrogens is 521 g/mol. The van der Waals surface area contributed by atoms with Crippen LogP contribution in [0.4, 0.5) is 24.7 Å². The number of carbonyl (C=O) groups is 1. The Bertz CT molecular complexity index is 1440. The van der Waals surface area contributed by atoms with Crippen molar-refractivity contribution in [1.82, 2.24) is 15.5 Å². The summed E-state index contributed by atoms with van der Waals surface area (Å²) < 4.78 is 47.4. The number of halogens is 3. The van der Waals surface area contributed by atoms with Crippen LogP contribution in [0.3, 0.4) is 0 Å². The lowest BCUT2D eigenvalue weighted by Crippen LogP contribution is -2.26. The van der Waals surface area contributed by atoms with E-state index >= 15 is 0 Å². The Kier molecular flexibility index (Phi) is 9.76. The largest absolute Gasteiger partial charge is 0.495 e. The highest BCUT2D eigenvalue weighted by molar-refractivity contribution is 6.09. The monoisotopic (exact) mass is 554 g/mol. The van der Waals surface area contributed by atoms with Crippen molar-refractivity contribution in [3.05, 3.63) is 82.8 Å². The number of rotatable bonds is 9. The summed E-state index contributed by atoms with van der Waals surface area (Å²) in [5, 5.41) is 15.1. The molecule has 212 valence electrons. The van der Waals surface area contributed by atoms with Gasteiger partial charge in [-0.1, -0.05) is 25.1 Å². The fourth-order valence-electron chi connectivity index (χ4n) is 3.98. The van der Waals surface area contributed by atoms with E-state index in [9.17, 15) is 18.0 Å². The average molecular weight is 555 g/mol. The number of ether oxygens (including phenoxy) is 1. The van der Waals surface area contributed by atoms with Gasteiger partial charge in [-0.25, -0.2) is 4.99 Å². The Morgan fingerprint density at radius 1 is 1.12 bits per heavy atom. The maximum absolute atomic E-state index is 13.9. The Morgan fingerprint density at radius 2 is 1.82 bits per heavy atom. The second kappa shape index (κ2) is 13.0. The van der Waals surface area contributed by atoms with Crippen molar-refractivity contribution < 1.29 is 22.7 Å². The Balaban J connectivity index is 2.02. The molecule has 0 aliphatic heterocycles. The van der Waals surface area contributed by atoms with Crippen molar-refractivity contribution in [2.45, 2.75) is 40.3 Å². The number of aliphatic imine (C=N–C) groups is 1. The zero-order valence-corrected chi connectivity index (χ0v) is 23.2. The average Bonchev–Trinajstić information content (AvgIpc) is 3.32. The first-order valence-corrected chi connectivity index (χ1v) is 12.6. The molecule has 0 fully saturated rings. The molecule has 3 rings (SSSR count). The fraction of sp³-hybridized carbons (Fsp3) is 0.276. The van der Waals surface area contributed by atoms with Gasteiger partial charge in [0.25, 0.3) is 5.91 Å². The fourth-order valence-corrected chi connectivity index (χ4v) is 3.98. The molecule has 11 heteroatoms. The van der Waals surface area contributed by atoms with Gasteiger partial charge in [-0.3, -0.25) is 9.89 Å². The third kappa shape index (κ3) is 7.31. The minimum atomic E-state index is -4.65. The number of aromatic amines is 1. The molecule has 40 heavy (non-hydrogen) atoms. The Hall–Kier alpha value is -4.54. The van der Waals surface area contributed by atoms with E-state index in [1.165, 1.54) is 14.0 Å². The predicted molar refractivity (Wildman–Crippen MR) is 153 cm³/mol. The summed E-state index contributed by atoms with van der Waals surface area (Å²) in [6, 6.07) is 12.4. The van der Waals surface area contributed by atoms with Crippen molar-refractivity contribution in [1.29, 1.82) is 0 Å². The van der Waals surface area contributed by atoms with Gasteiger partial charge in [-0.15, -0.1) is 0 Å². The molecule has 0 aliphatic rings. The van der Waals surface area contributed by atoms with Crippen molar-refractivity contribution >= 4 is 23.2 Å². The Labute approximate surface area is 231 Å². The normalized spacial score (nSPS) is 12.8. The number of allylic oxidation sites excluding steroid dienone is 2. The number of hydrogen-bond donors (Lipinski definition) is 4. The van der Waals surface area contributed by atoms with Crippen LogP contribution in [0.2, 0.25) is 0 Å². The molecule has 0 saturated carbocycles. The second-order valence-corrected chi connectivity index (χ2v) is 8.87. The van der Waals surface area contributed by atoms with Crippen LogP contribution in [0.15, 0.2) is 71.0 Å². The van der Waals surface area contributed by atoms with Crippen LogP contribution in [0.1, 0.15) is 41.9 Å². The molecule has 1 heterocycles. The first-order chi connectivity index (χ1) is 19.0. The van der Waals surface area contributed by atoms with Gasteiger partial charge in [0.2, 0.25) is 0 Å². The number of nitrogens with zero attached hydrogens (tertiary/aromatic N) is 2. The van der Waals surface area contributed by atoms with Crippen LogP contribution in [0, 0.1) is 13.8 Å². The second-order valence-electron chi connectivity index (χ2n) is 8.87. The van der Waals surface area contributed by atoms with E-state index in [-0.39, 0.29) is 17.5 Å². The van der Waals surface area contributed by atoms with Crippen molar-refractivity contribution in [2.75, 3.05) is 24.8 Å². The zero-order valence-electron chi connectivity index (χ0n) is 23.2. The molecule has 0 atom stereocenters. The van der Waals surface area contributed by atoms with Crippen molar-refractivity contribution in [2.24, 2.45) is 4.99 Å². The van der Waals surface area contributed by atoms with Gasteiger partial charge >= 0.3 is 6.18 Å². The number of nitrogens with one attached hydrogen (secondary N) is 4. The summed E-state index contributed by atoms with van der Waals surface area (Å²) in [6.07, 6.45) is -1.49. The van der Waals surface area contributed by atoms with E-state index in [0.29, 0.717) is 29.1 Å². The zero-order chi connectivity index (χ0) is 29.4. The third-order valence-corrected chi connectivity index (χ3v) is 5.93. The van der Waals surface area contributed by atoms with Crippen molar-refractivity contribution in [3.8, 4) is 16.9 Å². The first-order valence-electron chi connectivity index (χ1n) is 12.6. The van der Waals surface area contributed by atoms with Crippen LogP contribution >= 0.6 is 0 Å². The predicted octanol–water partition coefficient (Wildman–Crippen LogP) is 6.74. The molecule has 1 amide bonds. The molecule has 2 aromatic carbocycles. The lowest BCUT2D eigenvalue weighted by molar-refractivity contribution is -0.0861. The number of alkyl halides is 3. The first kappa shape index (κ1) is 30.0. The summed E-state index contributed by atoms with van der Waals surface area (Å²) in [7, 11) is 3.08. The van der Waals surface area contributed by atoms with Crippen LogP contribution in [-0.2, 0) is 0 Å². The maximum atomic E-state index is 13.9. The van der Waals surface area contributed by atoms with Gasteiger partial charge in [0.1, 0.15) is 17.4 Å². The van der Waals surface area contributed by atoms with Crippen LogP contribution < -0.4 is 20.7 Å². The SMILES string of the molecule is C\C=C(/C(=N\C(=C\CC)Nc1cc(C)c(-c2ccc(C(=O)NC)cc2)cc1OC)Nc1cc(C)[nH]n1)C(F)(F)F. The minimum absolute atomic E-state index is 0.181. The number of amides is 1. The van der Waals surface area contributed by atoms with Crippen molar-refractivity contribution in [3.63, 3.8) is 0 Å². The van der Waals surface area contributed by atoms with E-state index in [1.807, 2.05) is 38.1 Å². The van der Waals surface area contributed by atoms with Crippen LogP contribution in [0.5, 0.6) is 5.75 Å². The lowest BCUT2D eigenvalue weighted by Gasteiger charge is -2.18. The van der Waals surface area contributed by atoms with Gasteiger partial charge in [-0.05, 0) is 74.2 Å². The molecule has 0 spiro atoms. The summed E-state index contributed by atoms with van der Waals surface area (Å²) in [4.78, 5) is 16.2. The van der Waals surface area contributed by atoms with E-state index in [2.05, 4.69) is 31.1 Å². The molecule has 0 unspecified atom stereocenters. The third-order valence-electron chi connectivity index (χ3n) is 5.93. The van der Waals surface area contributed by atoms with Gasteiger partial charge in [0, 0.05) is 24.4 Å². The molecule has 1 aromatic heterocycles. The lowest BCUT2D eigenvalue weighted by atomic mass is 9.98. The summed E-state index contributed by atoms with van der Waals surface area (Å²) in [6.45, 7) is 6.82. The summed E-state index contributed by atoms with van der Waals surface area (Å²) >= 11 is 0. The van der Waals surface area contributed by atoms with E-state index in [0.717, 1.165) is 22.8 Å². The van der Waals surface area contributed by atoms with Gasteiger partial charge < -0.3 is 20.7 Å². The molecule has 0 saturated heterocycles. The number of amidine groups is 1.